The summed E-state index contributed by atoms with van der Waals surface area (Å²) in [7, 11) is 0. The molecule has 1 atom stereocenters. The number of halogens is 1. The van der Waals surface area contributed by atoms with Crippen LogP contribution in [-0.4, -0.2) is 11.7 Å². The van der Waals surface area contributed by atoms with Gasteiger partial charge in [0, 0.05) is 21.9 Å². The molecule has 0 aliphatic carbocycles. The van der Waals surface area contributed by atoms with Gasteiger partial charge in [-0.15, -0.1) is 0 Å². The molecular formula is C41H26ClN3O. The summed E-state index contributed by atoms with van der Waals surface area (Å²) in [5.41, 5.74) is 6.59. The summed E-state index contributed by atoms with van der Waals surface area (Å²) in [6.07, 6.45) is -0.327. The number of benzene rings is 7. The van der Waals surface area contributed by atoms with Gasteiger partial charge < -0.3 is 9.73 Å². The molecule has 1 unspecified atom stereocenters. The molecule has 1 aliphatic heterocycles. The summed E-state index contributed by atoms with van der Waals surface area (Å²) in [4.78, 5) is 10.5. The van der Waals surface area contributed by atoms with Crippen molar-refractivity contribution >= 4 is 66.8 Å². The first-order valence-corrected chi connectivity index (χ1v) is 15.7. The fraction of sp³-hybridized carbons (Fsp3) is 0.0244. The maximum Gasteiger partial charge on any atom is 0.160 e. The number of furan rings is 1. The van der Waals surface area contributed by atoms with Crippen molar-refractivity contribution in [2.75, 3.05) is 0 Å². The van der Waals surface area contributed by atoms with E-state index in [4.69, 9.17) is 26.0 Å². The highest BCUT2D eigenvalue weighted by Gasteiger charge is 2.25. The number of nitrogens with one attached hydrogen (secondary N) is 1. The van der Waals surface area contributed by atoms with Gasteiger partial charge in [-0.25, -0.2) is 9.98 Å². The maximum absolute atomic E-state index is 6.57. The van der Waals surface area contributed by atoms with Gasteiger partial charge in [0.2, 0.25) is 0 Å². The van der Waals surface area contributed by atoms with Crippen molar-refractivity contribution in [2.24, 2.45) is 9.98 Å². The number of fused-ring (bicyclic) bond motifs is 6. The van der Waals surface area contributed by atoms with E-state index in [1.807, 2.05) is 48.5 Å². The van der Waals surface area contributed by atoms with Crippen LogP contribution in [0.5, 0.6) is 0 Å². The van der Waals surface area contributed by atoms with E-state index in [-0.39, 0.29) is 6.17 Å². The zero-order valence-corrected chi connectivity index (χ0v) is 25.4. The largest absolute Gasteiger partial charge is 0.454 e. The second-order valence-corrected chi connectivity index (χ2v) is 11.9. The van der Waals surface area contributed by atoms with E-state index >= 15 is 0 Å². The van der Waals surface area contributed by atoms with Crippen LogP contribution in [0.4, 0.5) is 0 Å². The second kappa shape index (κ2) is 10.7. The van der Waals surface area contributed by atoms with Crippen LogP contribution in [0, 0.1) is 0 Å². The number of hydrogen-bond acceptors (Lipinski definition) is 4. The summed E-state index contributed by atoms with van der Waals surface area (Å²) < 4.78 is 6.26. The summed E-state index contributed by atoms with van der Waals surface area (Å²) in [5, 5.41) is 11.0. The SMILES string of the molecule is Clc1cccc2c1oc1cccc(-c3ccccc3C3=NC(c4ccccc4)NC(c4cc5ccccc5c5ccccc45)=N3)c12. The van der Waals surface area contributed by atoms with Gasteiger partial charge in [-0.3, -0.25) is 0 Å². The molecule has 1 aromatic heterocycles. The van der Waals surface area contributed by atoms with Crippen LogP contribution in [0.25, 0.3) is 54.6 Å². The van der Waals surface area contributed by atoms with Crippen molar-refractivity contribution < 1.29 is 4.42 Å². The third-order valence-electron chi connectivity index (χ3n) is 8.81. The fourth-order valence-electron chi connectivity index (χ4n) is 6.71. The maximum atomic E-state index is 6.57. The molecule has 0 saturated heterocycles. The third kappa shape index (κ3) is 4.30. The Bertz CT molecular complexity index is 2530. The molecule has 0 bridgehead atoms. The molecular weight excluding hydrogens is 586 g/mol. The fourth-order valence-corrected chi connectivity index (χ4v) is 6.93. The smallest absolute Gasteiger partial charge is 0.160 e. The zero-order valence-electron chi connectivity index (χ0n) is 24.6. The molecule has 46 heavy (non-hydrogen) atoms. The van der Waals surface area contributed by atoms with Crippen LogP contribution >= 0.6 is 11.6 Å². The Morgan fingerprint density at radius 1 is 0.565 bits per heavy atom. The first kappa shape index (κ1) is 26.7. The van der Waals surface area contributed by atoms with Crippen molar-refractivity contribution in [3.63, 3.8) is 0 Å². The van der Waals surface area contributed by atoms with E-state index in [2.05, 4.69) is 102 Å². The van der Waals surface area contributed by atoms with Crippen LogP contribution in [-0.2, 0) is 0 Å². The Morgan fingerprint density at radius 2 is 1.24 bits per heavy atom. The summed E-state index contributed by atoms with van der Waals surface area (Å²) in [5.74, 6) is 1.45. The molecule has 1 N–H and O–H groups in total. The molecule has 2 heterocycles. The van der Waals surface area contributed by atoms with Gasteiger partial charge in [-0.1, -0.05) is 139 Å². The van der Waals surface area contributed by atoms with Crippen LogP contribution in [0.1, 0.15) is 22.9 Å². The van der Waals surface area contributed by atoms with E-state index in [1.54, 1.807) is 0 Å². The Balaban J connectivity index is 1.29. The highest BCUT2D eigenvalue weighted by molar-refractivity contribution is 6.36. The molecule has 8 aromatic rings. The Kier molecular flexibility index (Phi) is 6.22. The molecule has 4 nitrogen and oxygen atoms in total. The van der Waals surface area contributed by atoms with Gasteiger partial charge in [0.25, 0.3) is 0 Å². The molecule has 9 rings (SSSR count). The van der Waals surface area contributed by atoms with Gasteiger partial charge in [0.15, 0.2) is 11.4 Å². The van der Waals surface area contributed by atoms with E-state index in [0.29, 0.717) is 16.4 Å². The normalized spacial score (nSPS) is 14.8. The van der Waals surface area contributed by atoms with Crippen LogP contribution in [0.2, 0.25) is 5.02 Å². The van der Waals surface area contributed by atoms with Gasteiger partial charge in [-0.2, -0.15) is 0 Å². The van der Waals surface area contributed by atoms with Crippen LogP contribution in [0.3, 0.4) is 0 Å². The van der Waals surface area contributed by atoms with Gasteiger partial charge >= 0.3 is 0 Å². The van der Waals surface area contributed by atoms with E-state index < -0.39 is 0 Å². The molecule has 5 heteroatoms. The van der Waals surface area contributed by atoms with E-state index in [0.717, 1.165) is 55.4 Å². The lowest BCUT2D eigenvalue weighted by atomic mass is 9.94. The Hall–Kier alpha value is -5.71. The van der Waals surface area contributed by atoms with Gasteiger partial charge in [0.05, 0.1) is 5.02 Å². The number of hydrogen-bond donors (Lipinski definition) is 1. The van der Waals surface area contributed by atoms with Crippen molar-refractivity contribution in [2.45, 2.75) is 6.17 Å². The van der Waals surface area contributed by atoms with Gasteiger partial charge in [-0.05, 0) is 56.4 Å². The summed E-state index contributed by atoms with van der Waals surface area (Å²) >= 11 is 6.57. The molecule has 1 aliphatic rings. The third-order valence-corrected chi connectivity index (χ3v) is 9.11. The molecule has 0 fully saturated rings. The predicted octanol–water partition coefficient (Wildman–Crippen LogP) is 10.7. The number of rotatable bonds is 4. The highest BCUT2D eigenvalue weighted by atomic mass is 35.5. The van der Waals surface area contributed by atoms with Gasteiger partial charge in [0.1, 0.15) is 17.6 Å². The zero-order chi connectivity index (χ0) is 30.6. The average Bonchev–Trinajstić information content (AvgIpc) is 3.52. The molecule has 0 amide bonds. The van der Waals surface area contributed by atoms with E-state index in [1.165, 1.54) is 16.2 Å². The topological polar surface area (TPSA) is 49.9 Å². The lowest BCUT2D eigenvalue weighted by molar-refractivity contribution is 0.669. The lowest BCUT2D eigenvalue weighted by Gasteiger charge is -2.25. The number of aliphatic imine (C=N–C) groups is 2. The quantitative estimate of drug-likeness (QED) is 0.201. The van der Waals surface area contributed by atoms with Crippen molar-refractivity contribution in [3.05, 3.63) is 167 Å². The van der Waals surface area contributed by atoms with Crippen LogP contribution < -0.4 is 5.32 Å². The lowest BCUT2D eigenvalue weighted by Crippen LogP contribution is -2.33. The molecule has 218 valence electrons. The molecule has 0 saturated carbocycles. The monoisotopic (exact) mass is 611 g/mol. The minimum atomic E-state index is -0.327. The summed E-state index contributed by atoms with van der Waals surface area (Å²) in [6.45, 7) is 0. The standard InChI is InChI=1S/C41H26ClN3O/c42-35-22-10-21-33-37-31(20-11-23-36(37)46-38(33)35)30-18-8-9-19-32(30)40-43-39(25-12-2-1-3-13-25)44-41(45-40)34-24-26-14-4-5-15-27(26)28-16-6-7-17-29(28)34/h1-24,39H,(H,43,44,45). The first-order chi connectivity index (χ1) is 22.7. The van der Waals surface area contributed by atoms with Crippen molar-refractivity contribution in [1.82, 2.24) is 5.32 Å². The molecule has 0 spiro atoms. The Labute approximate surface area is 270 Å². The van der Waals surface area contributed by atoms with E-state index in [9.17, 15) is 0 Å². The average molecular weight is 612 g/mol. The predicted molar refractivity (Wildman–Crippen MR) is 191 cm³/mol. The first-order valence-electron chi connectivity index (χ1n) is 15.3. The number of nitrogens with zero attached hydrogens (tertiary/aromatic N) is 2. The minimum absolute atomic E-state index is 0.327. The number of para-hydroxylation sites is 1. The molecule has 0 radical (unpaired) electrons. The summed E-state index contributed by atoms with van der Waals surface area (Å²) in [6, 6.07) is 50.0. The van der Waals surface area contributed by atoms with Crippen molar-refractivity contribution in [3.8, 4) is 11.1 Å². The molecule has 7 aromatic carbocycles. The minimum Gasteiger partial charge on any atom is -0.454 e. The van der Waals surface area contributed by atoms with Crippen molar-refractivity contribution in [1.29, 1.82) is 0 Å². The highest BCUT2D eigenvalue weighted by Crippen LogP contribution is 2.40. The number of amidine groups is 2. The van der Waals surface area contributed by atoms with Crippen LogP contribution in [0.15, 0.2) is 160 Å². The Morgan fingerprint density at radius 3 is 2.11 bits per heavy atom. The second-order valence-electron chi connectivity index (χ2n) is 11.5.